The zero-order valence-corrected chi connectivity index (χ0v) is 25.1. The Kier molecular flexibility index (Phi) is 7.23. The van der Waals surface area contributed by atoms with E-state index in [1.54, 1.807) is 12.1 Å². The van der Waals surface area contributed by atoms with Gasteiger partial charge < -0.3 is 10.0 Å². The molecule has 0 spiro atoms. The van der Waals surface area contributed by atoms with Gasteiger partial charge in [-0.15, -0.1) is 23.8 Å². The van der Waals surface area contributed by atoms with Gasteiger partial charge in [0.15, 0.2) is 0 Å². The molecule has 8 heteroatoms. The number of nitrogens with zero attached hydrogens (tertiary/aromatic N) is 3. The number of benzene rings is 3. The summed E-state index contributed by atoms with van der Waals surface area (Å²) in [4.78, 5) is 11.4. The van der Waals surface area contributed by atoms with Crippen LogP contribution in [-0.4, -0.2) is 15.1 Å². The maximum absolute atomic E-state index is 13.3. The molecule has 0 atom stereocenters. The number of rotatable bonds is 3. The largest absolute Gasteiger partial charge is 0.506 e. The quantitative estimate of drug-likeness (QED) is 0.188. The predicted molar refractivity (Wildman–Crippen MR) is 151 cm³/mol. The van der Waals surface area contributed by atoms with Gasteiger partial charge >= 0.3 is 6.18 Å². The van der Waals surface area contributed by atoms with Gasteiger partial charge in [0.2, 0.25) is 0 Å². The molecule has 0 bridgehead atoms. The second-order valence-electron chi connectivity index (χ2n) is 11.0. The summed E-state index contributed by atoms with van der Waals surface area (Å²) in [5.41, 5.74) is 5.22. The van der Waals surface area contributed by atoms with Crippen LogP contribution in [-0.2, 0) is 32.7 Å². The SMILES string of the molecule is CC(C)c1ccnc(N2c3[c-]c(-c4ccc5cc(C(F)(F)F)cc(O)c5n4)ccc3C(C)(C)c3ccccc32)c1.[Pt]. The molecule has 0 fully saturated rings. The molecule has 2 aromatic heterocycles. The fourth-order valence-electron chi connectivity index (χ4n) is 5.46. The standard InChI is InChI=1S/C33H27F3N3O.Pt/c1-19(2)20-13-14-37-30(17-20)39-27-8-6-5-7-24(27)32(3,4)25-11-9-21(16-28(25)39)26-12-10-22-15-23(33(34,35)36)18-29(40)31(22)38-26;/h5-15,17-19,40H,1-4H3;/q-1;. The number of phenols is 1. The van der Waals surface area contributed by atoms with E-state index in [0.717, 1.165) is 39.9 Å². The monoisotopic (exact) mass is 733 g/mol. The second-order valence-corrected chi connectivity index (χ2v) is 11.0. The van der Waals surface area contributed by atoms with E-state index >= 15 is 0 Å². The van der Waals surface area contributed by atoms with Crippen LogP contribution in [0.15, 0.2) is 79.0 Å². The van der Waals surface area contributed by atoms with Crippen molar-refractivity contribution in [3.63, 3.8) is 0 Å². The molecule has 1 aliphatic rings. The maximum Gasteiger partial charge on any atom is 0.416 e. The number of para-hydroxylation sites is 1. The Bertz CT molecular complexity index is 1780. The first-order valence-corrected chi connectivity index (χ1v) is 13.1. The average molecular weight is 734 g/mol. The molecule has 0 saturated heterocycles. The molecule has 0 amide bonds. The van der Waals surface area contributed by atoms with Crippen molar-refractivity contribution in [3.05, 3.63) is 107 Å². The van der Waals surface area contributed by atoms with Crippen LogP contribution in [0, 0.1) is 6.07 Å². The first kappa shape index (κ1) is 28.8. The van der Waals surface area contributed by atoms with Gasteiger partial charge in [0, 0.05) is 38.3 Å². The number of hydrogen-bond acceptors (Lipinski definition) is 4. The smallest absolute Gasteiger partial charge is 0.416 e. The molecule has 4 nitrogen and oxygen atoms in total. The first-order valence-electron chi connectivity index (χ1n) is 13.1. The van der Waals surface area contributed by atoms with Gasteiger partial charge in [0.25, 0.3) is 0 Å². The second kappa shape index (κ2) is 10.3. The minimum Gasteiger partial charge on any atom is -0.506 e. The third-order valence-electron chi connectivity index (χ3n) is 7.68. The van der Waals surface area contributed by atoms with Crippen LogP contribution in [0.3, 0.4) is 0 Å². The van der Waals surface area contributed by atoms with E-state index in [1.807, 2.05) is 30.5 Å². The van der Waals surface area contributed by atoms with Crippen molar-refractivity contribution in [2.45, 2.75) is 45.2 Å². The Morgan fingerprint density at radius 3 is 2.41 bits per heavy atom. The molecule has 0 radical (unpaired) electrons. The summed E-state index contributed by atoms with van der Waals surface area (Å²) in [6.07, 6.45) is -2.75. The molecule has 5 aromatic rings. The van der Waals surface area contributed by atoms with Gasteiger partial charge in [-0.2, -0.15) is 13.2 Å². The molecule has 6 rings (SSSR count). The number of phenolic OH excluding ortho intramolecular Hbond substituents is 1. The molecular weight excluding hydrogens is 706 g/mol. The number of pyridine rings is 2. The van der Waals surface area contributed by atoms with Crippen molar-refractivity contribution < 1.29 is 39.3 Å². The number of aromatic hydroxyl groups is 1. The number of anilines is 3. The number of aromatic nitrogens is 2. The van der Waals surface area contributed by atoms with Gasteiger partial charge in [0.1, 0.15) is 17.1 Å². The summed E-state index contributed by atoms with van der Waals surface area (Å²) in [7, 11) is 0. The summed E-state index contributed by atoms with van der Waals surface area (Å²) in [6.45, 7) is 8.64. The van der Waals surface area contributed by atoms with Crippen molar-refractivity contribution in [2.75, 3.05) is 4.90 Å². The number of hydrogen-bond donors (Lipinski definition) is 1. The fourth-order valence-corrected chi connectivity index (χ4v) is 5.46. The Balaban J connectivity index is 0.00000337. The van der Waals surface area contributed by atoms with E-state index in [0.29, 0.717) is 23.2 Å². The fraction of sp³-hybridized carbons (Fsp3) is 0.212. The topological polar surface area (TPSA) is 49.2 Å². The molecule has 0 unspecified atom stereocenters. The Morgan fingerprint density at radius 1 is 0.927 bits per heavy atom. The van der Waals surface area contributed by atoms with Crippen molar-refractivity contribution >= 4 is 28.1 Å². The van der Waals surface area contributed by atoms with Crippen molar-refractivity contribution in [1.82, 2.24) is 9.97 Å². The van der Waals surface area contributed by atoms with Gasteiger partial charge in [-0.1, -0.05) is 63.6 Å². The van der Waals surface area contributed by atoms with Crippen LogP contribution in [0.2, 0.25) is 0 Å². The molecule has 0 aliphatic carbocycles. The molecule has 3 heterocycles. The summed E-state index contributed by atoms with van der Waals surface area (Å²) in [5, 5.41) is 10.6. The van der Waals surface area contributed by atoms with Crippen LogP contribution in [0.4, 0.5) is 30.4 Å². The van der Waals surface area contributed by atoms with E-state index < -0.39 is 17.5 Å². The molecule has 1 aliphatic heterocycles. The van der Waals surface area contributed by atoms with E-state index in [-0.39, 0.29) is 37.4 Å². The molecule has 3 aromatic carbocycles. The predicted octanol–water partition coefficient (Wildman–Crippen LogP) is 9.05. The van der Waals surface area contributed by atoms with Crippen LogP contribution >= 0.6 is 0 Å². The minimum atomic E-state index is -4.57. The van der Waals surface area contributed by atoms with E-state index in [9.17, 15) is 18.3 Å². The van der Waals surface area contributed by atoms with Crippen LogP contribution < -0.4 is 4.90 Å². The zero-order chi connectivity index (χ0) is 28.4. The van der Waals surface area contributed by atoms with Gasteiger partial charge in [-0.3, -0.25) is 4.98 Å². The van der Waals surface area contributed by atoms with Crippen molar-refractivity contribution in [1.29, 1.82) is 0 Å². The van der Waals surface area contributed by atoms with Gasteiger partial charge in [-0.25, -0.2) is 4.98 Å². The first-order chi connectivity index (χ1) is 18.9. The van der Waals surface area contributed by atoms with E-state index in [4.69, 9.17) is 4.98 Å². The summed E-state index contributed by atoms with van der Waals surface area (Å²) >= 11 is 0. The van der Waals surface area contributed by atoms with Crippen molar-refractivity contribution in [2.24, 2.45) is 0 Å². The summed E-state index contributed by atoms with van der Waals surface area (Å²) in [6, 6.07) is 24.8. The Morgan fingerprint density at radius 2 is 1.68 bits per heavy atom. The molecular formula is C33H27F3N3OPt-. The minimum absolute atomic E-state index is 0. The van der Waals surface area contributed by atoms with Crippen LogP contribution in [0.5, 0.6) is 5.75 Å². The zero-order valence-electron chi connectivity index (χ0n) is 22.8. The normalized spacial score (nSPS) is 14.0. The third-order valence-corrected chi connectivity index (χ3v) is 7.68. The number of alkyl halides is 3. The van der Waals surface area contributed by atoms with Crippen LogP contribution in [0.25, 0.3) is 22.2 Å². The summed E-state index contributed by atoms with van der Waals surface area (Å²) in [5.74, 6) is 0.573. The average Bonchev–Trinajstić information content (AvgIpc) is 2.92. The number of halogens is 3. The van der Waals surface area contributed by atoms with Crippen molar-refractivity contribution in [3.8, 4) is 17.0 Å². The molecule has 41 heavy (non-hydrogen) atoms. The summed E-state index contributed by atoms with van der Waals surface area (Å²) < 4.78 is 39.8. The Hall–Kier alpha value is -3.70. The maximum atomic E-state index is 13.3. The van der Waals surface area contributed by atoms with Gasteiger partial charge in [-0.05, 0) is 64.2 Å². The molecule has 0 saturated carbocycles. The molecule has 212 valence electrons. The molecule has 1 N–H and O–H groups in total. The van der Waals surface area contributed by atoms with Crippen LogP contribution in [0.1, 0.15) is 55.9 Å². The van der Waals surface area contributed by atoms with E-state index in [2.05, 4.69) is 67.9 Å². The Labute approximate surface area is 251 Å². The van der Waals surface area contributed by atoms with E-state index in [1.165, 1.54) is 0 Å². The third kappa shape index (κ3) is 4.91. The van der Waals surface area contributed by atoms with Gasteiger partial charge in [0.05, 0.1) is 5.56 Å². The number of fused-ring (bicyclic) bond motifs is 3.